The van der Waals surface area contributed by atoms with E-state index in [4.69, 9.17) is 0 Å². The Balaban J connectivity index is 1.85. The molecule has 4 rings (SSSR count). The van der Waals surface area contributed by atoms with E-state index in [0.29, 0.717) is 16.8 Å². The summed E-state index contributed by atoms with van der Waals surface area (Å²) in [6.45, 7) is 1.68. The summed E-state index contributed by atoms with van der Waals surface area (Å²) in [5, 5.41) is 3.19. The fraction of sp³-hybridized carbons (Fsp3) is 0.0952. The molecule has 5 nitrogen and oxygen atoms in total. The fourth-order valence-electron chi connectivity index (χ4n) is 3.32. The SMILES string of the molecule is Cc1cc(NC(=O)c2cn(C)c3c(F)cccc3c2=O)c2cccc(F)c2n1. The van der Waals surface area contributed by atoms with Crippen LogP contribution in [-0.4, -0.2) is 15.5 Å². The maximum absolute atomic E-state index is 14.1. The number of aryl methyl sites for hydroxylation is 2. The molecule has 0 atom stereocenters. The van der Waals surface area contributed by atoms with Gasteiger partial charge in [0.05, 0.1) is 11.2 Å². The van der Waals surface area contributed by atoms with E-state index in [1.54, 1.807) is 26.1 Å². The van der Waals surface area contributed by atoms with E-state index in [-0.39, 0.29) is 22.0 Å². The molecule has 0 bridgehead atoms. The number of hydrogen-bond donors (Lipinski definition) is 1. The lowest BCUT2D eigenvalue weighted by Crippen LogP contribution is -2.24. The van der Waals surface area contributed by atoms with Gasteiger partial charge in [-0.1, -0.05) is 18.2 Å². The number of aromatic nitrogens is 2. The van der Waals surface area contributed by atoms with Crippen LogP contribution in [0.3, 0.4) is 0 Å². The second-order valence-electron chi connectivity index (χ2n) is 6.52. The van der Waals surface area contributed by atoms with Crippen LogP contribution in [0.25, 0.3) is 21.8 Å². The predicted octanol–water partition coefficient (Wildman–Crippen LogP) is 3.93. The molecule has 0 unspecified atom stereocenters. The molecule has 7 heteroatoms. The predicted molar refractivity (Wildman–Crippen MR) is 104 cm³/mol. The molecule has 28 heavy (non-hydrogen) atoms. The first-order valence-corrected chi connectivity index (χ1v) is 8.52. The zero-order valence-corrected chi connectivity index (χ0v) is 15.1. The molecule has 0 saturated carbocycles. The minimum Gasteiger partial charge on any atom is -0.347 e. The maximum Gasteiger partial charge on any atom is 0.261 e. The highest BCUT2D eigenvalue weighted by Crippen LogP contribution is 2.25. The van der Waals surface area contributed by atoms with Crippen LogP contribution in [0, 0.1) is 18.6 Å². The largest absolute Gasteiger partial charge is 0.347 e. The van der Waals surface area contributed by atoms with Crippen LogP contribution in [0.15, 0.2) is 53.5 Å². The molecule has 2 aromatic carbocycles. The van der Waals surface area contributed by atoms with Crippen molar-refractivity contribution in [2.45, 2.75) is 6.92 Å². The van der Waals surface area contributed by atoms with Gasteiger partial charge in [-0.2, -0.15) is 0 Å². The number of pyridine rings is 2. The van der Waals surface area contributed by atoms with Crippen molar-refractivity contribution in [1.82, 2.24) is 9.55 Å². The number of para-hydroxylation sites is 2. The molecule has 1 N–H and O–H groups in total. The van der Waals surface area contributed by atoms with Gasteiger partial charge in [0.2, 0.25) is 5.43 Å². The summed E-state index contributed by atoms with van der Waals surface area (Å²) in [6.07, 6.45) is 1.29. The van der Waals surface area contributed by atoms with Crippen LogP contribution in [0.5, 0.6) is 0 Å². The van der Waals surface area contributed by atoms with Crippen molar-refractivity contribution in [3.05, 3.63) is 81.8 Å². The molecule has 140 valence electrons. The smallest absolute Gasteiger partial charge is 0.261 e. The van der Waals surface area contributed by atoms with Gasteiger partial charge in [0, 0.05) is 29.7 Å². The van der Waals surface area contributed by atoms with Gasteiger partial charge < -0.3 is 9.88 Å². The number of anilines is 1. The molecule has 0 fully saturated rings. The summed E-state index contributed by atoms with van der Waals surface area (Å²) >= 11 is 0. The van der Waals surface area contributed by atoms with E-state index >= 15 is 0 Å². The molecule has 2 aromatic heterocycles. The summed E-state index contributed by atoms with van der Waals surface area (Å²) < 4.78 is 29.5. The van der Waals surface area contributed by atoms with Gasteiger partial charge in [-0.05, 0) is 31.2 Å². The maximum atomic E-state index is 14.1. The summed E-state index contributed by atoms with van der Waals surface area (Å²) in [4.78, 5) is 29.7. The second-order valence-corrected chi connectivity index (χ2v) is 6.52. The number of carbonyl (C=O) groups excluding carboxylic acids is 1. The first-order valence-electron chi connectivity index (χ1n) is 8.52. The van der Waals surface area contributed by atoms with Gasteiger partial charge in [0.1, 0.15) is 22.7 Å². The average molecular weight is 379 g/mol. The van der Waals surface area contributed by atoms with Crippen LogP contribution in [0.1, 0.15) is 16.1 Å². The Morgan fingerprint density at radius 1 is 1.07 bits per heavy atom. The Kier molecular flexibility index (Phi) is 4.15. The van der Waals surface area contributed by atoms with Crippen molar-refractivity contribution in [2.75, 3.05) is 5.32 Å². The highest BCUT2D eigenvalue weighted by atomic mass is 19.1. The fourth-order valence-corrected chi connectivity index (χ4v) is 3.32. The topological polar surface area (TPSA) is 64.0 Å². The number of nitrogens with zero attached hydrogens (tertiary/aromatic N) is 2. The van der Waals surface area contributed by atoms with Gasteiger partial charge in [0.25, 0.3) is 5.91 Å². The van der Waals surface area contributed by atoms with Gasteiger partial charge in [-0.15, -0.1) is 0 Å². The molecular formula is C21H15F2N3O2. The summed E-state index contributed by atoms with van der Waals surface area (Å²) in [5.74, 6) is -1.72. The number of benzene rings is 2. The third kappa shape index (κ3) is 2.81. The third-order valence-electron chi connectivity index (χ3n) is 4.56. The number of hydrogen-bond acceptors (Lipinski definition) is 3. The molecule has 0 aliphatic heterocycles. The minimum absolute atomic E-state index is 0.108. The standard InChI is InChI=1S/C21H15F2N3O2/c1-11-9-17(12-5-3-7-15(22)18(12)24-11)25-21(28)14-10-26(2)19-13(20(14)27)6-4-8-16(19)23/h3-10H,1-2H3,(H,24,25,28). The Bertz CT molecular complexity index is 1330. The van der Waals surface area contributed by atoms with Gasteiger partial charge in [-0.25, -0.2) is 13.8 Å². The Hall–Kier alpha value is -3.61. The van der Waals surface area contributed by atoms with E-state index in [9.17, 15) is 18.4 Å². The van der Waals surface area contributed by atoms with E-state index in [1.807, 2.05) is 0 Å². The van der Waals surface area contributed by atoms with Crippen molar-refractivity contribution >= 4 is 33.4 Å². The minimum atomic E-state index is -0.664. The monoisotopic (exact) mass is 379 g/mol. The zero-order chi connectivity index (χ0) is 20.0. The molecule has 2 heterocycles. The lowest BCUT2D eigenvalue weighted by atomic mass is 10.1. The Labute approximate surface area is 158 Å². The number of nitrogens with one attached hydrogen (secondary N) is 1. The van der Waals surface area contributed by atoms with E-state index in [2.05, 4.69) is 10.3 Å². The van der Waals surface area contributed by atoms with E-state index < -0.39 is 23.0 Å². The Morgan fingerprint density at radius 2 is 1.75 bits per heavy atom. The molecule has 0 spiro atoms. The van der Waals surface area contributed by atoms with Crippen molar-refractivity contribution in [2.24, 2.45) is 7.05 Å². The van der Waals surface area contributed by atoms with Crippen LogP contribution < -0.4 is 10.7 Å². The van der Waals surface area contributed by atoms with Crippen LogP contribution >= 0.6 is 0 Å². The highest BCUT2D eigenvalue weighted by molar-refractivity contribution is 6.09. The van der Waals surface area contributed by atoms with Gasteiger partial charge >= 0.3 is 0 Å². The number of fused-ring (bicyclic) bond motifs is 2. The molecular weight excluding hydrogens is 364 g/mol. The summed E-state index contributed by atoms with van der Waals surface area (Å²) in [7, 11) is 1.56. The summed E-state index contributed by atoms with van der Waals surface area (Å²) in [5.41, 5.74) is 0.392. The van der Waals surface area contributed by atoms with Crippen molar-refractivity contribution in [3.8, 4) is 0 Å². The van der Waals surface area contributed by atoms with Crippen LogP contribution in [0.4, 0.5) is 14.5 Å². The molecule has 0 aliphatic rings. The number of halogens is 2. The van der Waals surface area contributed by atoms with Crippen molar-refractivity contribution in [1.29, 1.82) is 0 Å². The normalized spacial score (nSPS) is 11.1. The van der Waals surface area contributed by atoms with Crippen molar-refractivity contribution < 1.29 is 13.6 Å². The first kappa shape index (κ1) is 17.8. The van der Waals surface area contributed by atoms with E-state index in [1.165, 1.54) is 41.1 Å². The lowest BCUT2D eigenvalue weighted by molar-refractivity contribution is 0.102. The average Bonchev–Trinajstić information content (AvgIpc) is 2.65. The van der Waals surface area contributed by atoms with E-state index in [0.717, 1.165) is 0 Å². The number of carbonyl (C=O) groups is 1. The molecule has 0 radical (unpaired) electrons. The van der Waals surface area contributed by atoms with Crippen LogP contribution in [0.2, 0.25) is 0 Å². The summed E-state index contributed by atoms with van der Waals surface area (Å²) in [6, 6.07) is 10.2. The van der Waals surface area contributed by atoms with Gasteiger partial charge in [0.15, 0.2) is 0 Å². The number of rotatable bonds is 2. The highest BCUT2D eigenvalue weighted by Gasteiger charge is 2.18. The molecule has 0 saturated heterocycles. The quantitative estimate of drug-likeness (QED) is 0.574. The number of amides is 1. The lowest BCUT2D eigenvalue weighted by Gasteiger charge is -2.12. The molecule has 0 aliphatic carbocycles. The Morgan fingerprint density at radius 3 is 2.50 bits per heavy atom. The van der Waals surface area contributed by atoms with Crippen molar-refractivity contribution in [3.63, 3.8) is 0 Å². The third-order valence-corrected chi connectivity index (χ3v) is 4.56. The molecule has 4 aromatic rings. The zero-order valence-electron chi connectivity index (χ0n) is 15.1. The second kappa shape index (κ2) is 6.53. The first-order chi connectivity index (χ1) is 13.4. The molecule has 1 amide bonds. The van der Waals surface area contributed by atoms with Gasteiger partial charge in [-0.3, -0.25) is 9.59 Å². The van der Waals surface area contributed by atoms with Crippen LogP contribution in [-0.2, 0) is 7.05 Å².